The first kappa shape index (κ1) is 19.6. The van der Waals surface area contributed by atoms with Gasteiger partial charge in [0, 0.05) is 25.0 Å². The van der Waals surface area contributed by atoms with Crippen LogP contribution >= 0.6 is 12.4 Å². The average molecular weight is 381 g/mol. The van der Waals surface area contributed by atoms with E-state index < -0.39 is 0 Å². The molecule has 26 heavy (non-hydrogen) atoms. The largest absolute Gasteiger partial charge is 0.342 e. The van der Waals surface area contributed by atoms with Gasteiger partial charge in [-0.15, -0.1) is 12.4 Å². The molecule has 5 heteroatoms. The van der Waals surface area contributed by atoms with E-state index in [0.29, 0.717) is 29.7 Å². The fourth-order valence-electron chi connectivity index (χ4n) is 5.40. The first-order chi connectivity index (χ1) is 12.1. The van der Waals surface area contributed by atoms with Gasteiger partial charge in [-0.1, -0.05) is 18.6 Å². The van der Waals surface area contributed by atoms with Crippen molar-refractivity contribution in [3.05, 3.63) is 35.6 Å². The smallest absolute Gasteiger partial charge is 0.225 e. The number of hydrogen-bond acceptors (Lipinski definition) is 2. The van der Waals surface area contributed by atoms with Crippen molar-refractivity contribution in [1.82, 2.24) is 4.90 Å². The van der Waals surface area contributed by atoms with Gasteiger partial charge in [0.25, 0.3) is 0 Å². The number of halogens is 2. The second-order valence-corrected chi connectivity index (χ2v) is 8.47. The Morgan fingerprint density at radius 1 is 1.12 bits per heavy atom. The van der Waals surface area contributed by atoms with E-state index in [-0.39, 0.29) is 24.1 Å². The zero-order chi connectivity index (χ0) is 17.4. The van der Waals surface area contributed by atoms with Crippen LogP contribution in [0.4, 0.5) is 4.39 Å². The number of carbonyl (C=O) groups excluding carboxylic acids is 1. The lowest BCUT2D eigenvalue weighted by Gasteiger charge is -2.44. The van der Waals surface area contributed by atoms with E-state index in [1.807, 2.05) is 12.1 Å². The van der Waals surface area contributed by atoms with Crippen LogP contribution in [0.3, 0.4) is 0 Å². The molecule has 3 atom stereocenters. The van der Waals surface area contributed by atoms with Crippen molar-refractivity contribution < 1.29 is 9.18 Å². The van der Waals surface area contributed by atoms with Crippen molar-refractivity contribution in [1.29, 1.82) is 0 Å². The summed E-state index contributed by atoms with van der Waals surface area (Å²) in [4.78, 5) is 15.1. The third kappa shape index (κ3) is 4.07. The lowest BCUT2D eigenvalue weighted by molar-refractivity contribution is -0.137. The third-order valence-electron chi connectivity index (χ3n) is 6.80. The number of carbonyl (C=O) groups is 1. The van der Waals surface area contributed by atoms with Gasteiger partial charge in [0.05, 0.1) is 0 Å². The minimum atomic E-state index is -0.187. The third-order valence-corrected chi connectivity index (χ3v) is 6.80. The molecule has 0 aromatic heterocycles. The fraction of sp³-hybridized carbons (Fsp3) is 0.667. The highest BCUT2D eigenvalue weighted by molar-refractivity contribution is 5.85. The van der Waals surface area contributed by atoms with Gasteiger partial charge in [0.1, 0.15) is 5.82 Å². The van der Waals surface area contributed by atoms with Crippen LogP contribution in [0.5, 0.6) is 0 Å². The first-order valence-electron chi connectivity index (χ1n) is 9.89. The summed E-state index contributed by atoms with van der Waals surface area (Å²) >= 11 is 0. The lowest BCUT2D eigenvalue weighted by Crippen LogP contribution is -2.49. The summed E-state index contributed by atoms with van der Waals surface area (Å²) in [6.45, 7) is 1.73. The van der Waals surface area contributed by atoms with Gasteiger partial charge in [-0.2, -0.15) is 0 Å². The quantitative estimate of drug-likeness (QED) is 0.867. The highest BCUT2D eigenvalue weighted by Gasteiger charge is 2.42. The topological polar surface area (TPSA) is 46.3 Å². The molecule has 1 aromatic carbocycles. The summed E-state index contributed by atoms with van der Waals surface area (Å²) in [5, 5.41) is 0. The number of amides is 1. The van der Waals surface area contributed by atoms with E-state index in [4.69, 9.17) is 5.73 Å². The van der Waals surface area contributed by atoms with Crippen molar-refractivity contribution in [2.75, 3.05) is 13.1 Å². The van der Waals surface area contributed by atoms with Gasteiger partial charge < -0.3 is 10.6 Å². The van der Waals surface area contributed by atoms with Gasteiger partial charge in [-0.05, 0) is 74.0 Å². The molecule has 3 fully saturated rings. The minimum absolute atomic E-state index is 0. The number of likely N-dealkylation sites (tertiary alicyclic amines) is 1. The lowest BCUT2D eigenvalue weighted by atomic mass is 9.65. The van der Waals surface area contributed by atoms with E-state index in [1.54, 1.807) is 0 Å². The Balaban J connectivity index is 0.00000196. The van der Waals surface area contributed by atoms with Crippen LogP contribution in [0.15, 0.2) is 24.3 Å². The maximum absolute atomic E-state index is 13.0. The normalized spacial score (nSPS) is 33.6. The molecular weight excluding hydrogens is 351 g/mol. The predicted molar refractivity (Wildman–Crippen MR) is 104 cm³/mol. The predicted octanol–water partition coefficient (Wildman–Crippen LogP) is 3.79. The van der Waals surface area contributed by atoms with E-state index in [1.165, 1.54) is 37.0 Å². The van der Waals surface area contributed by atoms with Crippen LogP contribution in [-0.2, 0) is 11.2 Å². The van der Waals surface area contributed by atoms with Crippen LogP contribution in [0.1, 0.15) is 44.1 Å². The molecule has 2 saturated carbocycles. The van der Waals surface area contributed by atoms with Gasteiger partial charge in [0.15, 0.2) is 0 Å². The standard InChI is InChI=1S/C21H29FN2O.ClH/c22-19-6-4-14(5-7-19)10-15-8-9-24(13-15)21(25)18-11-16-2-1-3-17(12-18)20(16)23;/h4-7,15-18,20H,1-3,8-13,23H2;1H. The molecule has 4 rings (SSSR count). The highest BCUT2D eigenvalue weighted by atomic mass is 35.5. The number of nitrogens with two attached hydrogens (primary N) is 1. The van der Waals surface area contributed by atoms with Crippen molar-refractivity contribution in [3.63, 3.8) is 0 Å². The second kappa shape index (κ2) is 8.26. The van der Waals surface area contributed by atoms with E-state index in [0.717, 1.165) is 38.8 Å². The number of benzene rings is 1. The summed E-state index contributed by atoms with van der Waals surface area (Å²) in [5.74, 6) is 1.98. The number of nitrogens with zero attached hydrogens (tertiary/aromatic N) is 1. The molecule has 144 valence electrons. The molecule has 1 amide bonds. The Labute approximate surface area is 161 Å². The van der Waals surface area contributed by atoms with E-state index >= 15 is 0 Å². The van der Waals surface area contributed by atoms with Crippen molar-refractivity contribution in [2.24, 2.45) is 29.4 Å². The van der Waals surface area contributed by atoms with Gasteiger partial charge in [-0.3, -0.25) is 4.79 Å². The van der Waals surface area contributed by atoms with Crippen molar-refractivity contribution in [3.8, 4) is 0 Å². The molecule has 1 saturated heterocycles. The molecule has 2 N–H and O–H groups in total. The number of fused-ring (bicyclic) bond motifs is 2. The average Bonchev–Trinajstić information content (AvgIpc) is 3.04. The molecule has 3 unspecified atom stereocenters. The zero-order valence-electron chi connectivity index (χ0n) is 15.3. The van der Waals surface area contributed by atoms with Gasteiger partial charge in [-0.25, -0.2) is 4.39 Å². The minimum Gasteiger partial charge on any atom is -0.342 e. The van der Waals surface area contributed by atoms with E-state index in [2.05, 4.69) is 4.90 Å². The molecule has 1 aliphatic heterocycles. The molecule has 1 aromatic rings. The van der Waals surface area contributed by atoms with Gasteiger partial charge in [0.2, 0.25) is 5.91 Å². The Bertz CT molecular complexity index is 609. The van der Waals surface area contributed by atoms with Crippen molar-refractivity contribution >= 4 is 18.3 Å². The summed E-state index contributed by atoms with van der Waals surface area (Å²) < 4.78 is 13.0. The first-order valence-corrected chi connectivity index (χ1v) is 9.89. The van der Waals surface area contributed by atoms with Crippen molar-refractivity contribution in [2.45, 2.75) is 51.0 Å². The second-order valence-electron chi connectivity index (χ2n) is 8.47. The SMILES string of the molecule is Cl.NC1C2CCCC1CC(C(=O)N1CCC(Cc3ccc(F)cc3)C1)C2. The van der Waals surface area contributed by atoms with E-state index in [9.17, 15) is 9.18 Å². The van der Waals surface area contributed by atoms with Crippen LogP contribution in [0.25, 0.3) is 0 Å². The Kier molecular flexibility index (Phi) is 6.24. The molecule has 3 aliphatic rings. The Morgan fingerprint density at radius 3 is 2.42 bits per heavy atom. The number of rotatable bonds is 3. The zero-order valence-corrected chi connectivity index (χ0v) is 16.1. The molecule has 0 radical (unpaired) electrons. The molecule has 0 spiro atoms. The molecule has 2 bridgehead atoms. The van der Waals surface area contributed by atoms with Crippen LogP contribution in [0.2, 0.25) is 0 Å². The molecular formula is C21H30ClFN2O. The molecule has 2 aliphatic carbocycles. The summed E-state index contributed by atoms with van der Waals surface area (Å²) in [6.07, 6.45) is 7.68. The highest BCUT2D eigenvalue weighted by Crippen LogP contribution is 2.42. The summed E-state index contributed by atoms with van der Waals surface area (Å²) in [7, 11) is 0. The molecule has 3 nitrogen and oxygen atoms in total. The molecule has 1 heterocycles. The maximum atomic E-state index is 13.0. The number of hydrogen-bond donors (Lipinski definition) is 1. The fourth-order valence-corrected chi connectivity index (χ4v) is 5.40. The van der Waals surface area contributed by atoms with Crippen LogP contribution in [0, 0.1) is 29.5 Å². The van der Waals surface area contributed by atoms with Gasteiger partial charge >= 0.3 is 0 Å². The van der Waals surface area contributed by atoms with Crippen LogP contribution in [-0.4, -0.2) is 29.9 Å². The monoisotopic (exact) mass is 380 g/mol. The van der Waals surface area contributed by atoms with Crippen LogP contribution < -0.4 is 5.73 Å². The Hall–Kier alpha value is -1.13. The Morgan fingerprint density at radius 2 is 1.77 bits per heavy atom. The summed E-state index contributed by atoms with van der Waals surface area (Å²) in [6, 6.07) is 7.10. The summed E-state index contributed by atoms with van der Waals surface area (Å²) in [5.41, 5.74) is 7.53. The maximum Gasteiger partial charge on any atom is 0.225 e.